The molecule has 3 unspecified atom stereocenters. The second-order valence-corrected chi connectivity index (χ2v) is 5.48. The molecule has 8 heteroatoms. The maximum atomic E-state index is 14.0. The molecule has 1 aromatic heterocycles. The zero-order chi connectivity index (χ0) is 14.6. The number of tetrazole rings is 1. The summed E-state index contributed by atoms with van der Waals surface area (Å²) in [5.41, 5.74) is 5.48. The third-order valence-electron chi connectivity index (χ3n) is 4.21. The zero-order valence-electron chi connectivity index (χ0n) is 11.0. The number of hydrogen-bond donors (Lipinski definition) is 1. The molecule has 110 valence electrons. The smallest absolute Gasteiger partial charge is 0.185 e. The first kappa shape index (κ1) is 12.6. The molecular formula is C13H13F2N5O. The van der Waals surface area contributed by atoms with Crippen molar-refractivity contribution in [1.82, 2.24) is 20.2 Å². The van der Waals surface area contributed by atoms with E-state index < -0.39 is 11.6 Å². The standard InChI is InChI=1S/C13H13F2N5O/c14-8-5-9(15)10(16)4-7(8)13-17-18-19-20(13)11-3-6-1-2-12(11)21-6/h4-6,11-12H,1-3,16H2. The van der Waals surface area contributed by atoms with Gasteiger partial charge in [0.1, 0.15) is 11.6 Å². The second kappa shape index (κ2) is 4.45. The highest BCUT2D eigenvalue weighted by atomic mass is 19.1. The van der Waals surface area contributed by atoms with E-state index in [4.69, 9.17) is 10.5 Å². The SMILES string of the molecule is Nc1cc(-c2nnnn2C2CC3CCC2O3)c(F)cc1F. The Morgan fingerprint density at radius 2 is 2.10 bits per heavy atom. The van der Waals surface area contributed by atoms with Crippen molar-refractivity contribution < 1.29 is 13.5 Å². The van der Waals surface area contributed by atoms with E-state index in [2.05, 4.69) is 15.5 Å². The second-order valence-electron chi connectivity index (χ2n) is 5.48. The molecule has 2 aromatic rings. The third-order valence-corrected chi connectivity index (χ3v) is 4.21. The van der Waals surface area contributed by atoms with Gasteiger partial charge >= 0.3 is 0 Å². The first-order valence-electron chi connectivity index (χ1n) is 6.81. The highest BCUT2D eigenvalue weighted by Gasteiger charge is 2.43. The summed E-state index contributed by atoms with van der Waals surface area (Å²) >= 11 is 0. The number of anilines is 1. The van der Waals surface area contributed by atoms with Crippen LogP contribution in [-0.2, 0) is 4.74 Å². The van der Waals surface area contributed by atoms with Crippen LogP contribution in [0.5, 0.6) is 0 Å². The molecule has 6 nitrogen and oxygen atoms in total. The van der Waals surface area contributed by atoms with Gasteiger partial charge in [-0.2, -0.15) is 0 Å². The van der Waals surface area contributed by atoms with Crippen molar-refractivity contribution in [3.05, 3.63) is 23.8 Å². The van der Waals surface area contributed by atoms with Gasteiger partial charge in [0, 0.05) is 6.07 Å². The summed E-state index contributed by atoms with van der Waals surface area (Å²) in [5.74, 6) is -1.28. The van der Waals surface area contributed by atoms with E-state index in [-0.39, 0.29) is 35.3 Å². The number of fused-ring (bicyclic) bond motifs is 2. The Morgan fingerprint density at radius 3 is 2.81 bits per heavy atom. The number of benzene rings is 1. The van der Waals surface area contributed by atoms with Crippen LogP contribution in [0.4, 0.5) is 14.5 Å². The summed E-state index contributed by atoms with van der Waals surface area (Å²) in [6, 6.07) is 1.96. The van der Waals surface area contributed by atoms with Gasteiger partial charge in [-0.3, -0.25) is 0 Å². The van der Waals surface area contributed by atoms with Crippen LogP contribution in [0.3, 0.4) is 0 Å². The van der Waals surface area contributed by atoms with E-state index >= 15 is 0 Å². The first-order valence-corrected chi connectivity index (χ1v) is 6.81. The lowest BCUT2D eigenvalue weighted by Crippen LogP contribution is -2.23. The van der Waals surface area contributed by atoms with E-state index in [9.17, 15) is 8.78 Å². The zero-order valence-corrected chi connectivity index (χ0v) is 11.0. The summed E-state index contributed by atoms with van der Waals surface area (Å²) in [7, 11) is 0. The number of nitrogens with zero attached hydrogens (tertiary/aromatic N) is 4. The molecule has 0 spiro atoms. The minimum Gasteiger partial charge on any atom is -0.396 e. The summed E-state index contributed by atoms with van der Waals surface area (Å²) < 4.78 is 34.6. The van der Waals surface area contributed by atoms with Crippen LogP contribution in [0.2, 0.25) is 0 Å². The van der Waals surface area contributed by atoms with E-state index in [1.807, 2.05) is 0 Å². The monoisotopic (exact) mass is 293 g/mol. The lowest BCUT2D eigenvalue weighted by atomic mass is 9.95. The van der Waals surface area contributed by atoms with Crippen LogP contribution in [0.15, 0.2) is 12.1 Å². The Morgan fingerprint density at radius 1 is 1.24 bits per heavy atom. The maximum absolute atomic E-state index is 14.0. The molecule has 2 aliphatic rings. The molecule has 0 radical (unpaired) electrons. The van der Waals surface area contributed by atoms with Crippen LogP contribution < -0.4 is 5.73 Å². The van der Waals surface area contributed by atoms with E-state index in [0.717, 1.165) is 25.3 Å². The Bertz CT molecular complexity index is 704. The molecule has 21 heavy (non-hydrogen) atoms. The number of nitrogen functional groups attached to an aromatic ring is 1. The summed E-state index contributed by atoms with van der Waals surface area (Å²) in [4.78, 5) is 0. The van der Waals surface area contributed by atoms with Crippen molar-refractivity contribution in [1.29, 1.82) is 0 Å². The van der Waals surface area contributed by atoms with Gasteiger partial charge in [0.15, 0.2) is 5.82 Å². The van der Waals surface area contributed by atoms with Crippen molar-refractivity contribution in [2.75, 3.05) is 5.73 Å². The minimum atomic E-state index is -0.793. The molecular weight excluding hydrogens is 280 g/mol. The highest BCUT2D eigenvalue weighted by molar-refractivity contribution is 5.62. The summed E-state index contributed by atoms with van der Waals surface area (Å²) in [5, 5.41) is 11.5. The highest BCUT2D eigenvalue weighted by Crippen LogP contribution is 2.42. The number of rotatable bonds is 2. The van der Waals surface area contributed by atoms with Crippen LogP contribution >= 0.6 is 0 Å². The summed E-state index contributed by atoms with van der Waals surface area (Å²) in [6.07, 6.45) is 3.07. The van der Waals surface area contributed by atoms with Crippen molar-refractivity contribution >= 4 is 5.69 Å². The molecule has 1 aromatic carbocycles. The Kier molecular flexibility index (Phi) is 2.68. The number of halogens is 2. The van der Waals surface area contributed by atoms with Crippen molar-refractivity contribution in [3.63, 3.8) is 0 Å². The minimum absolute atomic E-state index is 0.0144. The van der Waals surface area contributed by atoms with Crippen molar-refractivity contribution in [2.24, 2.45) is 0 Å². The fraction of sp³-hybridized carbons (Fsp3) is 0.462. The fourth-order valence-electron chi connectivity index (χ4n) is 3.20. The van der Waals surface area contributed by atoms with Crippen LogP contribution in [0, 0.1) is 11.6 Å². The lowest BCUT2D eigenvalue weighted by Gasteiger charge is -2.19. The first-order chi connectivity index (χ1) is 10.1. The molecule has 2 saturated heterocycles. The van der Waals surface area contributed by atoms with Crippen LogP contribution in [0.1, 0.15) is 25.3 Å². The van der Waals surface area contributed by atoms with Gasteiger partial charge in [-0.15, -0.1) is 5.10 Å². The maximum Gasteiger partial charge on any atom is 0.185 e. The van der Waals surface area contributed by atoms with E-state index in [0.29, 0.717) is 0 Å². The molecule has 2 bridgehead atoms. The average molecular weight is 293 g/mol. The quantitative estimate of drug-likeness (QED) is 0.852. The molecule has 4 rings (SSSR count). The van der Waals surface area contributed by atoms with E-state index in [1.165, 1.54) is 6.07 Å². The van der Waals surface area contributed by atoms with Gasteiger partial charge in [-0.25, -0.2) is 13.5 Å². The number of nitrogens with two attached hydrogens (primary N) is 1. The molecule has 2 N–H and O–H groups in total. The predicted molar refractivity (Wildman–Crippen MR) is 69.1 cm³/mol. The lowest BCUT2D eigenvalue weighted by molar-refractivity contribution is 0.0921. The topological polar surface area (TPSA) is 78.9 Å². The molecule has 0 saturated carbocycles. The molecule has 3 heterocycles. The van der Waals surface area contributed by atoms with Crippen LogP contribution in [-0.4, -0.2) is 32.4 Å². The molecule has 0 amide bonds. The molecule has 0 aliphatic carbocycles. The molecule has 3 atom stereocenters. The number of hydrogen-bond acceptors (Lipinski definition) is 5. The normalized spacial score (nSPS) is 27.4. The van der Waals surface area contributed by atoms with E-state index in [1.54, 1.807) is 4.68 Å². The van der Waals surface area contributed by atoms with Gasteiger partial charge in [-0.05, 0) is 35.8 Å². The fourth-order valence-corrected chi connectivity index (χ4v) is 3.20. The largest absolute Gasteiger partial charge is 0.396 e. The van der Waals surface area contributed by atoms with Gasteiger partial charge < -0.3 is 10.5 Å². The Balaban J connectivity index is 1.77. The third kappa shape index (κ3) is 1.90. The van der Waals surface area contributed by atoms with Gasteiger partial charge in [0.05, 0.1) is 29.5 Å². The molecule has 2 fully saturated rings. The Hall–Kier alpha value is -2.09. The van der Waals surface area contributed by atoms with Gasteiger partial charge in [0.25, 0.3) is 0 Å². The number of aromatic nitrogens is 4. The van der Waals surface area contributed by atoms with Crippen molar-refractivity contribution in [2.45, 2.75) is 37.5 Å². The van der Waals surface area contributed by atoms with Crippen molar-refractivity contribution in [3.8, 4) is 11.4 Å². The van der Waals surface area contributed by atoms with Gasteiger partial charge in [0.2, 0.25) is 0 Å². The summed E-state index contributed by atoms with van der Waals surface area (Å²) in [6.45, 7) is 0. The molecule has 2 aliphatic heterocycles. The average Bonchev–Trinajstić information content (AvgIpc) is 3.17. The Labute approximate surface area is 118 Å². The number of ether oxygens (including phenoxy) is 1. The predicted octanol–water partition coefficient (Wildman–Crippen LogP) is 1.69. The van der Waals surface area contributed by atoms with Crippen LogP contribution in [0.25, 0.3) is 11.4 Å². The van der Waals surface area contributed by atoms with Gasteiger partial charge in [-0.1, -0.05) is 0 Å².